The third-order valence-corrected chi connectivity index (χ3v) is 7.06. The number of amides is 1. The lowest BCUT2D eigenvalue weighted by Crippen LogP contribution is -2.40. The van der Waals surface area contributed by atoms with E-state index in [4.69, 9.17) is 4.42 Å². The van der Waals surface area contributed by atoms with Gasteiger partial charge in [0.2, 0.25) is 14.9 Å². The minimum Gasteiger partial charge on any atom is -0.440 e. The van der Waals surface area contributed by atoms with Crippen molar-refractivity contribution in [3.05, 3.63) is 75.7 Å². The lowest BCUT2D eigenvalue weighted by Gasteiger charge is -2.35. The van der Waals surface area contributed by atoms with E-state index in [0.717, 1.165) is 31.3 Å². The maximum atomic E-state index is 12.5. The average molecular weight is 431 g/mol. The minimum atomic E-state index is -3.48. The van der Waals surface area contributed by atoms with Gasteiger partial charge in [0.05, 0.1) is 6.04 Å². The Balaban J connectivity index is 1.50. The SMILES string of the molecule is CS(=O)(=O)c1ccc(C(=O)NCC(c2ccccc2)N2CCc3sccc3C2)o1. The maximum absolute atomic E-state index is 12.5. The molecule has 1 aliphatic rings. The molecule has 6 nitrogen and oxygen atoms in total. The number of carbonyl (C=O) groups excluding carboxylic acids is 1. The Morgan fingerprint density at radius 3 is 2.72 bits per heavy atom. The number of fused-ring (bicyclic) bond motifs is 1. The molecular weight excluding hydrogens is 408 g/mol. The Hall–Kier alpha value is -2.42. The van der Waals surface area contributed by atoms with Crippen LogP contribution in [0.25, 0.3) is 0 Å². The fourth-order valence-corrected chi connectivity index (χ4v) is 5.03. The highest BCUT2D eigenvalue weighted by Gasteiger charge is 2.26. The lowest BCUT2D eigenvalue weighted by molar-refractivity contribution is 0.0895. The van der Waals surface area contributed by atoms with Crippen LogP contribution in [0.2, 0.25) is 0 Å². The van der Waals surface area contributed by atoms with Crippen LogP contribution in [0.15, 0.2) is 63.4 Å². The average Bonchev–Trinajstić information content (AvgIpc) is 3.38. The first-order valence-corrected chi connectivity index (χ1v) is 12.1. The largest absolute Gasteiger partial charge is 0.440 e. The van der Waals surface area contributed by atoms with Gasteiger partial charge in [-0.15, -0.1) is 11.3 Å². The third kappa shape index (κ3) is 4.44. The molecule has 2 aromatic heterocycles. The summed E-state index contributed by atoms with van der Waals surface area (Å²) in [5.41, 5.74) is 2.47. The van der Waals surface area contributed by atoms with E-state index in [1.165, 1.54) is 22.6 Å². The van der Waals surface area contributed by atoms with Crippen LogP contribution in [0.3, 0.4) is 0 Å². The molecule has 29 heavy (non-hydrogen) atoms. The second-order valence-corrected chi connectivity index (χ2v) is 10.1. The van der Waals surface area contributed by atoms with E-state index in [1.54, 1.807) is 11.3 Å². The summed E-state index contributed by atoms with van der Waals surface area (Å²) in [6.07, 6.45) is 2.05. The Bertz CT molecular complexity index is 1100. The highest BCUT2D eigenvalue weighted by molar-refractivity contribution is 7.90. The Labute approximate surface area is 174 Å². The van der Waals surface area contributed by atoms with Crippen LogP contribution in [0.1, 0.15) is 32.6 Å². The van der Waals surface area contributed by atoms with E-state index in [-0.39, 0.29) is 16.9 Å². The summed E-state index contributed by atoms with van der Waals surface area (Å²) in [6.45, 7) is 2.16. The predicted molar refractivity (Wildman–Crippen MR) is 112 cm³/mol. The number of nitrogens with zero attached hydrogens (tertiary/aromatic N) is 1. The van der Waals surface area contributed by atoms with E-state index in [2.05, 4.69) is 33.8 Å². The number of hydrogen-bond donors (Lipinski definition) is 1. The van der Waals surface area contributed by atoms with Crippen molar-refractivity contribution in [2.75, 3.05) is 19.3 Å². The van der Waals surface area contributed by atoms with Gasteiger partial charge in [-0.25, -0.2) is 8.42 Å². The number of carbonyl (C=O) groups is 1. The molecule has 1 aromatic carbocycles. The molecule has 152 valence electrons. The van der Waals surface area contributed by atoms with E-state index >= 15 is 0 Å². The molecule has 4 rings (SSSR count). The van der Waals surface area contributed by atoms with E-state index in [9.17, 15) is 13.2 Å². The van der Waals surface area contributed by atoms with Gasteiger partial charge in [-0.05, 0) is 41.1 Å². The van der Waals surface area contributed by atoms with Crippen LogP contribution in [0, 0.1) is 0 Å². The van der Waals surface area contributed by atoms with Crippen LogP contribution in [0.5, 0.6) is 0 Å². The molecule has 0 saturated heterocycles. The predicted octanol–water partition coefficient (Wildman–Crippen LogP) is 3.27. The standard InChI is InChI=1S/C21H22N2O4S2/c1-29(25,26)20-8-7-18(27-20)21(24)22-13-17(15-5-3-2-4-6-15)23-11-9-19-16(14-23)10-12-28-19/h2-8,10,12,17H,9,11,13-14H2,1H3,(H,22,24). The highest BCUT2D eigenvalue weighted by Crippen LogP contribution is 2.30. The summed E-state index contributed by atoms with van der Waals surface area (Å²) >= 11 is 1.80. The summed E-state index contributed by atoms with van der Waals surface area (Å²) in [5, 5.41) is 4.83. The van der Waals surface area contributed by atoms with Crippen LogP contribution < -0.4 is 5.32 Å². The molecule has 0 aliphatic carbocycles. The fourth-order valence-electron chi connectivity index (χ4n) is 3.59. The molecule has 0 spiro atoms. The molecule has 0 saturated carbocycles. The van der Waals surface area contributed by atoms with Gasteiger partial charge in [0.25, 0.3) is 5.91 Å². The van der Waals surface area contributed by atoms with Crippen molar-refractivity contribution in [3.8, 4) is 0 Å². The number of furan rings is 1. The zero-order chi connectivity index (χ0) is 20.4. The van der Waals surface area contributed by atoms with Crippen LogP contribution in [-0.4, -0.2) is 38.6 Å². The molecule has 1 N–H and O–H groups in total. The van der Waals surface area contributed by atoms with Gasteiger partial charge in [-0.3, -0.25) is 9.69 Å². The van der Waals surface area contributed by atoms with Crippen molar-refractivity contribution < 1.29 is 17.6 Å². The maximum Gasteiger partial charge on any atom is 0.287 e. The Morgan fingerprint density at radius 1 is 1.21 bits per heavy atom. The first-order chi connectivity index (χ1) is 13.9. The molecule has 1 atom stereocenters. The van der Waals surface area contributed by atoms with E-state index in [0.29, 0.717) is 6.54 Å². The summed E-state index contributed by atoms with van der Waals surface area (Å²) < 4.78 is 28.4. The van der Waals surface area contributed by atoms with Crippen molar-refractivity contribution in [2.45, 2.75) is 24.1 Å². The van der Waals surface area contributed by atoms with E-state index < -0.39 is 15.7 Å². The highest BCUT2D eigenvalue weighted by atomic mass is 32.2. The molecule has 0 fully saturated rings. The zero-order valence-electron chi connectivity index (χ0n) is 16.0. The molecule has 0 radical (unpaired) electrons. The third-order valence-electron chi connectivity index (χ3n) is 5.09. The van der Waals surface area contributed by atoms with Crippen LogP contribution >= 0.6 is 11.3 Å². The second kappa shape index (κ2) is 8.14. The van der Waals surface area contributed by atoms with Gasteiger partial charge >= 0.3 is 0 Å². The fraction of sp³-hybridized carbons (Fsp3) is 0.286. The van der Waals surface area contributed by atoms with Crippen molar-refractivity contribution in [2.24, 2.45) is 0 Å². The van der Waals surface area contributed by atoms with Gasteiger partial charge in [0, 0.05) is 30.8 Å². The summed E-state index contributed by atoms with van der Waals surface area (Å²) in [7, 11) is -3.48. The molecular formula is C21H22N2O4S2. The monoisotopic (exact) mass is 430 g/mol. The number of benzene rings is 1. The van der Waals surface area contributed by atoms with Gasteiger partial charge in [0.1, 0.15) is 0 Å². The summed E-state index contributed by atoms with van der Waals surface area (Å²) in [6, 6.07) is 15.0. The molecule has 0 bridgehead atoms. The lowest BCUT2D eigenvalue weighted by atomic mass is 10.0. The number of rotatable bonds is 6. The molecule has 1 aliphatic heterocycles. The number of hydrogen-bond acceptors (Lipinski definition) is 6. The smallest absolute Gasteiger partial charge is 0.287 e. The molecule has 8 heteroatoms. The molecule has 3 heterocycles. The van der Waals surface area contributed by atoms with Gasteiger partial charge in [-0.2, -0.15) is 0 Å². The number of nitrogens with one attached hydrogen (secondary N) is 1. The van der Waals surface area contributed by atoms with Crippen LogP contribution in [-0.2, 0) is 22.8 Å². The van der Waals surface area contributed by atoms with Gasteiger partial charge < -0.3 is 9.73 Å². The molecule has 3 aromatic rings. The quantitative estimate of drug-likeness (QED) is 0.649. The van der Waals surface area contributed by atoms with E-state index in [1.807, 2.05) is 18.2 Å². The first kappa shape index (κ1) is 19.9. The Kier molecular flexibility index (Phi) is 5.58. The number of thiophene rings is 1. The van der Waals surface area contributed by atoms with Crippen molar-refractivity contribution in [3.63, 3.8) is 0 Å². The van der Waals surface area contributed by atoms with Crippen molar-refractivity contribution >= 4 is 27.1 Å². The normalized spacial score (nSPS) is 15.6. The summed E-state index contributed by atoms with van der Waals surface area (Å²) in [5.74, 6) is -0.426. The zero-order valence-corrected chi connectivity index (χ0v) is 17.6. The number of sulfone groups is 1. The van der Waals surface area contributed by atoms with Crippen molar-refractivity contribution in [1.82, 2.24) is 10.2 Å². The molecule has 1 amide bonds. The van der Waals surface area contributed by atoms with Gasteiger partial charge in [-0.1, -0.05) is 30.3 Å². The topological polar surface area (TPSA) is 79.6 Å². The second-order valence-electron chi connectivity index (χ2n) is 7.12. The van der Waals surface area contributed by atoms with Crippen LogP contribution in [0.4, 0.5) is 0 Å². The van der Waals surface area contributed by atoms with Crippen molar-refractivity contribution in [1.29, 1.82) is 0 Å². The minimum absolute atomic E-state index is 0.00370. The Morgan fingerprint density at radius 2 is 2.00 bits per heavy atom. The summed E-state index contributed by atoms with van der Waals surface area (Å²) in [4.78, 5) is 16.3. The first-order valence-electron chi connectivity index (χ1n) is 9.34. The van der Waals surface area contributed by atoms with Gasteiger partial charge in [0.15, 0.2) is 5.76 Å². The molecule has 1 unspecified atom stereocenters.